The molecule has 6 heteroatoms. The monoisotopic (exact) mass is 549 g/mol. The van der Waals surface area contributed by atoms with Crippen molar-refractivity contribution in [3.8, 4) is 5.75 Å². The number of aliphatic hydroxyl groups is 1. The van der Waals surface area contributed by atoms with Gasteiger partial charge in [-0.1, -0.05) is 74.6 Å². The van der Waals surface area contributed by atoms with Crippen molar-refractivity contribution in [3.05, 3.63) is 83.6 Å². The summed E-state index contributed by atoms with van der Waals surface area (Å²) in [7, 11) is 4.34. The Morgan fingerprint density at radius 2 is 1.57 bits per heavy atom. The van der Waals surface area contributed by atoms with Crippen LogP contribution in [0.3, 0.4) is 0 Å². The number of oxazole rings is 1. The molecule has 1 aromatic heterocycles. The lowest BCUT2D eigenvalue weighted by Gasteiger charge is -2.35. The first-order valence-electron chi connectivity index (χ1n) is 15.0. The lowest BCUT2D eigenvalue weighted by molar-refractivity contribution is -0.905. The molecule has 0 radical (unpaired) electrons. The average Bonchev–Trinajstić information content (AvgIpc) is 3.35. The van der Waals surface area contributed by atoms with E-state index in [1.165, 1.54) is 19.3 Å². The molecule has 1 heterocycles. The van der Waals surface area contributed by atoms with E-state index in [2.05, 4.69) is 31.2 Å². The summed E-state index contributed by atoms with van der Waals surface area (Å²) >= 11 is 0. The van der Waals surface area contributed by atoms with Crippen LogP contribution in [0, 0.1) is 5.92 Å². The summed E-state index contributed by atoms with van der Waals surface area (Å²) in [6, 6.07) is 18.1. The zero-order chi connectivity index (χ0) is 28.6. The van der Waals surface area contributed by atoms with E-state index >= 15 is 0 Å². The van der Waals surface area contributed by atoms with Crippen molar-refractivity contribution in [2.24, 2.45) is 5.92 Å². The molecule has 4 rings (SSSR count). The number of likely N-dealkylation sites (N-methyl/N-ethyl adjacent to an activating group) is 1. The highest BCUT2D eigenvalue weighted by Crippen LogP contribution is 2.42. The first-order chi connectivity index (χ1) is 19.1. The minimum atomic E-state index is -1.22. The Morgan fingerprint density at radius 1 is 0.925 bits per heavy atom. The van der Waals surface area contributed by atoms with Gasteiger partial charge in [0.2, 0.25) is 5.89 Å². The third-order valence-electron chi connectivity index (χ3n) is 7.83. The molecule has 1 atom stereocenters. The van der Waals surface area contributed by atoms with Crippen LogP contribution in [0.5, 0.6) is 5.75 Å². The van der Waals surface area contributed by atoms with E-state index in [1.54, 1.807) is 6.20 Å². The molecule has 218 valence electrons. The lowest BCUT2D eigenvalue weighted by atomic mass is 9.74. The van der Waals surface area contributed by atoms with Crippen LogP contribution in [-0.2, 0) is 23.5 Å². The van der Waals surface area contributed by atoms with E-state index < -0.39 is 5.60 Å². The fourth-order valence-electron chi connectivity index (χ4n) is 5.67. The molecular weight excluding hydrogens is 500 g/mol. The van der Waals surface area contributed by atoms with Gasteiger partial charge in [0, 0.05) is 5.92 Å². The first kappa shape index (κ1) is 30.3. The fraction of sp³-hybridized carbons (Fsp3) is 0.559. The van der Waals surface area contributed by atoms with Crippen molar-refractivity contribution < 1.29 is 23.5 Å². The Morgan fingerprint density at radius 3 is 2.23 bits per heavy atom. The Labute approximate surface area is 240 Å². The van der Waals surface area contributed by atoms with E-state index in [4.69, 9.17) is 13.9 Å². The molecule has 1 saturated carbocycles. The van der Waals surface area contributed by atoms with Crippen LogP contribution < -0.4 is 4.74 Å². The number of benzene rings is 2. The molecule has 1 fully saturated rings. The number of ether oxygens (including phenoxy) is 2. The van der Waals surface area contributed by atoms with Crippen molar-refractivity contribution in [2.45, 2.75) is 90.1 Å². The van der Waals surface area contributed by atoms with Gasteiger partial charge in [-0.15, -0.1) is 0 Å². The maximum atomic E-state index is 12.3. The summed E-state index contributed by atoms with van der Waals surface area (Å²) in [6.07, 6.45) is 9.76. The normalized spacial score (nSPS) is 17.1. The summed E-state index contributed by atoms with van der Waals surface area (Å²) in [6.45, 7) is 8.83. The summed E-state index contributed by atoms with van der Waals surface area (Å²) < 4.78 is 19.0. The molecule has 2 aromatic carbocycles. The number of rotatable bonds is 11. The van der Waals surface area contributed by atoms with Gasteiger partial charge in [-0.2, -0.15) is 0 Å². The number of hydrogen-bond donors (Lipinski definition) is 1. The molecule has 6 nitrogen and oxygen atoms in total. The van der Waals surface area contributed by atoms with E-state index in [0.29, 0.717) is 30.1 Å². The highest BCUT2D eigenvalue weighted by atomic mass is 16.5. The summed E-state index contributed by atoms with van der Waals surface area (Å²) in [5.74, 6) is 2.17. The Balaban J connectivity index is 1.36. The molecule has 0 spiro atoms. The maximum Gasteiger partial charge on any atom is 0.231 e. The predicted octanol–water partition coefficient (Wildman–Crippen LogP) is 7.24. The second-order valence-corrected chi connectivity index (χ2v) is 13.0. The quantitative estimate of drug-likeness (QED) is 0.202. The Bertz CT molecular complexity index is 1160. The van der Waals surface area contributed by atoms with Gasteiger partial charge in [0.15, 0.2) is 11.4 Å². The van der Waals surface area contributed by atoms with E-state index in [-0.39, 0.29) is 11.5 Å². The molecule has 1 N–H and O–H groups in total. The molecule has 0 amide bonds. The predicted molar refractivity (Wildman–Crippen MR) is 159 cm³/mol. The van der Waals surface area contributed by atoms with E-state index in [1.807, 2.05) is 63.2 Å². The highest BCUT2D eigenvalue weighted by molar-refractivity contribution is 5.30. The zero-order valence-corrected chi connectivity index (χ0v) is 25.2. The van der Waals surface area contributed by atoms with Gasteiger partial charge < -0.3 is 23.5 Å². The number of aromatic nitrogens is 1. The summed E-state index contributed by atoms with van der Waals surface area (Å²) in [4.78, 5) is 4.68. The van der Waals surface area contributed by atoms with Crippen LogP contribution in [0.2, 0.25) is 0 Å². The fourth-order valence-corrected chi connectivity index (χ4v) is 5.67. The van der Waals surface area contributed by atoms with Crippen molar-refractivity contribution in [1.82, 2.24) is 4.98 Å². The van der Waals surface area contributed by atoms with Gasteiger partial charge in [-0.25, -0.2) is 4.98 Å². The van der Waals surface area contributed by atoms with Gasteiger partial charge >= 0.3 is 0 Å². The topological polar surface area (TPSA) is 64.7 Å². The van der Waals surface area contributed by atoms with Gasteiger partial charge in [0.1, 0.15) is 24.4 Å². The molecule has 3 aromatic rings. The molecule has 40 heavy (non-hydrogen) atoms. The smallest absolute Gasteiger partial charge is 0.231 e. The maximum absolute atomic E-state index is 12.3. The van der Waals surface area contributed by atoms with Gasteiger partial charge in [0.05, 0.1) is 33.5 Å². The van der Waals surface area contributed by atoms with Gasteiger partial charge in [-0.3, -0.25) is 0 Å². The number of hydrogen-bond acceptors (Lipinski definition) is 5. The van der Waals surface area contributed by atoms with E-state index in [9.17, 15) is 5.11 Å². The van der Waals surface area contributed by atoms with Crippen LogP contribution in [0.4, 0.5) is 0 Å². The second-order valence-electron chi connectivity index (χ2n) is 13.0. The zero-order valence-electron chi connectivity index (χ0n) is 25.2. The summed E-state index contributed by atoms with van der Waals surface area (Å²) in [5, 5.41) is 12.3. The average molecular weight is 550 g/mol. The minimum absolute atomic E-state index is 0.0895. The van der Waals surface area contributed by atoms with Gasteiger partial charge in [-0.05, 0) is 56.9 Å². The second kappa shape index (κ2) is 13.3. The standard InChI is InChI=1S/C34H49N2O4/c1-33(2,3)40-30-20-18-27(19-21-30)26-38-23-22-36(4,5)25-31-24-35-32(39-31)34(37,29-16-12-9-13-17-29)28-14-10-7-6-8-11-15-28/h9,12-13,16-21,24,28,37H,6-8,10-11,14-15,22-23,25-26H2,1-5H3/q+1. The number of quaternary nitrogens is 1. The summed E-state index contributed by atoms with van der Waals surface area (Å²) in [5.41, 5.74) is 0.570. The Hall–Kier alpha value is -2.67. The molecule has 0 saturated heterocycles. The van der Waals surface area contributed by atoms with Crippen LogP contribution >= 0.6 is 0 Å². The van der Waals surface area contributed by atoms with Gasteiger partial charge in [0.25, 0.3) is 0 Å². The van der Waals surface area contributed by atoms with Crippen molar-refractivity contribution in [1.29, 1.82) is 0 Å². The van der Waals surface area contributed by atoms with Crippen LogP contribution in [-0.4, -0.2) is 47.4 Å². The van der Waals surface area contributed by atoms with Crippen molar-refractivity contribution >= 4 is 0 Å². The molecule has 1 unspecified atom stereocenters. The van der Waals surface area contributed by atoms with Crippen LogP contribution in [0.1, 0.15) is 88.5 Å². The Kier molecular flexibility index (Phi) is 10.1. The van der Waals surface area contributed by atoms with Crippen LogP contribution in [0.25, 0.3) is 0 Å². The minimum Gasteiger partial charge on any atom is -0.488 e. The third kappa shape index (κ3) is 8.42. The third-order valence-corrected chi connectivity index (χ3v) is 7.83. The van der Waals surface area contributed by atoms with Crippen molar-refractivity contribution in [3.63, 3.8) is 0 Å². The molecule has 1 aliphatic carbocycles. The lowest BCUT2D eigenvalue weighted by Crippen LogP contribution is -2.41. The van der Waals surface area contributed by atoms with Crippen molar-refractivity contribution in [2.75, 3.05) is 27.2 Å². The SMILES string of the molecule is CC(C)(C)Oc1ccc(COCC[N+](C)(C)Cc2cnc(C(O)(c3ccccc3)C3CCCCCCC3)o2)cc1. The van der Waals surface area contributed by atoms with E-state index in [0.717, 1.165) is 54.9 Å². The molecule has 1 aliphatic rings. The van der Waals surface area contributed by atoms with Crippen LogP contribution in [0.15, 0.2) is 65.2 Å². The number of nitrogens with zero attached hydrogens (tertiary/aromatic N) is 2. The highest BCUT2D eigenvalue weighted by Gasteiger charge is 2.44. The first-order valence-corrected chi connectivity index (χ1v) is 15.0. The molecule has 0 aliphatic heterocycles. The molecular formula is C34H49N2O4+. The molecule has 0 bridgehead atoms. The largest absolute Gasteiger partial charge is 0.488 e.